The van der Waals surface area contributed by atoms with Crippen LogP contribution in [-0.2, 0) is 15.0 Å². The Hall–Kier alpha value is 0.300. The number of nitrogens with zero attached hydrogens (tertiary/aromatic N) is 2. The van der Waals surface area contributed by atoms with Gasteiger partial charge in [0.05, 0.1) is 0 Å². The van der Waals surface area contributed by atoms with Crippen molar-refractivity contribution in [2.45, 2.75) is 13.8 Å². The van der Waals surface area contributed by atoms with Crippen molar-refractivity contribution in [1.29, 1.82) is 0 Å². The third-order valence-electron chi connectivity index (χ3n) is 1.93. The molecule has 0 aliphatic carbocycles. The van der Waals surface area contributed by atoms with E-state index in [1.807, 2.05) is 13.8 Å². The molecule has 0 aliphatic heterocycles. The van der Waals surface area contributed by atoms with E-state index < -0.39 is 17.1 Å². The van der Waals surface area contributed by atoms with Crippen molar-refractivity contribution >= 4 is 17.1 Å². The van der Waals surface area contributed by atoms with Gasteiger partial charge in [0, 0.05) is 19.3 Å². The summed E-state index contributed by atoms with van der Waals surface area (Å²) >= 11 is 0. The maximum Gasteiger partial charge on any atom is 0.299 e. The lowest BCUT2D eigenvalue weighted by molar-refractivity contribution is 0.410. The van der Waals surface area contributed by atoms with E-state index in [1.165, 1.54) is 6.26 Å². The quantitative estimate of drug-likeness (QED) is 0.664. The summed E-state index contributed by atoms with van der Waals surface area (Å²) in [6.07, 6.45) is 1.50. The Morgan fingerprint density at radius 1 is 1.23 bits per heavy atom. The SMILES string of the molecule is CCN(CC)P(=O)(N(C)C)[S@](C)=O. The minimum atomic E-state index is -2.83. The largest absolute Gasteiger partial charge is 0.299 e. The summed E-state index contributed by atoms with van der Waals surface area (Å²) in [7, 11) is 2.10. The Balaban J connectivity index is 5.00. The van der Waals surface area contributed by atoms with E-state index in [2.05, 4.69) is 0 Å². The first-order valence-electron chi connectivity index (χ1n) is 4.28. The van der Waals surface area contributed by atoms with Gasteiger partial charge in [-0.3, -0.25) is 4.57 Å². The monoisotopic (exact) mass is 226 g/mol. The molecule has 0 saturated carbocycles. The van der Waals surface area contributed by atoms with Gasteiger partial charge in [-0.25, -0.2) is 13.5 Å². The fourth-order valence-electron chi connectivity index (χ4n) is 1.23. The third kappa shape index (κ3) is 2.62. The van der Waals surface area contributed by atoms with E-state index in [1.54, 1.807) is 23.4 Å². The Morgan fingerprint density at radius 3 is 1.69 bits per heavy atom. The van der Waals surface area contributed by atoms with Crippen LogP contribution in [0.25, 0.3) is 0 Å². The molecule has 13 heavy (non-hydrogen) atoms. The van der Waals surface area contributed by atoms with Crippen molar-refractivity contribution in [3.63, 3.8) is 0 Å². The second-order valence-corrected chi connectivity index (χ2v) is 9.06. The minimum Gasteiger partial charge on any atom is -0.274 e. The molecular formula is C7H19N2O2PS. The molecule has 6 heteroatoms. The molecule has 2 atom stereocenters. The maximum absolute atomic E-state index is 12.3. The highest BCUT2D eigenvalue weighted by Gasteiger charge is 2.35. The first-order chi connectivity index (χ1) is 5.91. The van der Waals surface area contributed by atoms with Gasteiger partial charge < -0.3 is 0 Å². The highest BCUT2D eigenvalue weighted by atomic mass is 32.8. The predicted molar refractivity (Wildman–Crippen MR) is 58.3 cm³/mol. The molecule has 0 aromatic carbocycles. The number of hydrogen-bond acceptors (Lipinski definition) is 2. The van der Waals surface area contributed by atoms with E-state index in [9.17, 15) is 8.77 Å². The third-order valence-corrected chi connectivity index (χ3v) is 8.57. The van der Waals surface area contributed by atoms with Gasteiger partial charge in [0.2, 0.25) is 0 Å². The molecule has 0 saturated heterocycles. The van der Waals surface area contributed by atoms with E-state index in [-0.39, 0.29) is 0 Å². The molecule has 0 fully saturated rings. The summed E-state index contributed by atoms with van der Waals surface area (Å²) < 4.78 is 27.1. The summed E-state index contributed by atoms with van der Waals surface area (Å²) in [6.45, 7) is 2.33. The number of rotatable bonds is 5. The maximum atomic E-state index is 12.3. The summed E-state index contributed by atoms with van der Waals surface area (Å²) in [5.74, 6) is 0. The molecule has 0 aliphatic rings. The van der Waals surface area contributed by atoms with E-state index in [0.717, 1.165) is 0 Å². The second-order valence-electron chi connectivity index (χ2n) is 2.90. The highest BCUT2D eigenvalue weighted by Crippen LogP contribution is 2.53. The summed E-state index contributed by atoms with van der Waals surface area (Å²) in [6, 6.07) is 0. The molecule has 0 heterocycles. The Kier molecular flexibility index (Phi) is 5.37. The molecule has 0 N–H and O–H groups in total. The number of hydrogen-bond donors (Lipinski definition) is 0. The van der Waals surface area contributed by atoms with Crippen molar-refractivity contribution in [2.24, 2.45) is 0 Å². The smallest absolute Gasteiger partial charge is 0.274 e. The van der Waals surface area contributed by atoms with E-state index >= 15 is 0 Å². The van der Waals surface area contributed by atoms with Gasteiger partial charge in [-0.2, -0.15) is 0 Å². The molecule has 0 aromatic rings. The van der Waals surface area contributed by atoms with Crippen LogP contribution in [0, 0.1) is 0 Å². The van der Waals surface area contributed by atoms with Gasteiger partial charge in [0.1, 0.15) is 10.4 Å². The highest BCUT2D eigenvalue weighted by molar-refractivity contribution is 8.47. The van der Waals surface area contributed by atoms with Crippen molar-refractivity contribution < 1.29 is 8.77 Å². The van der Waals surface area contributed by atoms with Crippen LogP contribution in [-0.4, -0.2) is 47.0 Å². The predicted octanol–water partition coefficient (Wildman–Crippen LogP) is 1.38. The first kappa shape index (κ1) is 13.3. The van der Waals surface area contributed by atoms with Crippen LogP contribution in [0.2, 0.25) is 0 Å². The standard InChI is InChI=1S/C7H19N2O2PS/c1-6-9(7-2)12(10,8(3)4)13(5)11/h6-7H2,1-5H3/t12?,13-/m1/s1. The van der Waals surface area contributed by atoms with Crippen LogP contribution in [0.5, 0.6) is 0 Å². The normalized spacial score (nSPS) is 19.0. The van der Waals surface area contributed by atoms with Crippen LogP contribution < -0.4 is 0 Å². The van der Waals surface area contributed by atoms with E-state index in [4.69, 9.17) is 0 Å². The lowest BCUT2D eigenvalue weighted by Gasteiger charge is -2.32. The van der Waals surface area contributed by atoms with Crippen molar-refractivity contribution in [3.05, 3.63) is 0 Å². The summed E-state index contributed by atoms with van der Waals surface area (Å²) in [4.78, 5) is 0. The molecule has 4 nitrogen and oxygen atoms in total. The van der Waals surface area contributed by atoms with Crippen molar-refractivity contribution in [1.82, 2.24) is 9.34 Å². The fraction of sp³-hybridized carbons (Fsp3) is 1.00. The van der Waals surface area contributed by atoms with E-state index in [0.29, 0.717) is 13.1 Å². The Morgan fingerprint density at radius 2 is 1.62 bits per heavy atom. The van der Waals surface area contributed by atoms with Gasteiger partial charge in [-0.15, -0.1) is 0 Å². The topological polar surface area (TPSA) is 40.6 Å². The zero-order chi connectivity index (χ0) is 10.6. The van der Waals surface area contributed by atoms with Crippen LogP contribution in [0.1, 0.15) is 13.8 Å². The molecule has 0 amide bonds. The summed E-state index contributed by atoms with van der Waals surface area (Å²) in [5, 5.41) is 0. The molecule has 0 bridgehead atoms. The van der Waals surface area contributed by atoms with Crippen LogP contribution >= 0.6 is 6.65 Å². The average Bonchev–Trinajstić information content (AvgIpc) is 2.05. The van der Waals surface area contributed by atoms with Crippen molar-refractivity contribution in [3.8, 4) is 0 Å². The van der Waals surface area contributed by atoms with Gasteiger partial charge in [0.15, 0.2) is 0 Å². The zero-order valence-electron chi connectivity index (χ0n) is 8.98. The first-order valence-corrected chi connectivity index (χ1v) is 8.06. The zero-order valence-corrected chi connectivity index (χ0v) is 10.7. The lowest BCUT2D eigenvalue weighted by Crippen LogP contribution is -2.29. The molecule has 0 aromatic heterocycles. The lowest BCUT2D eigenvalue weighted by atomic mass is 10.7. The van der Waals surface area contributed by atoms with Gasteiger partial charge >= 0.3 is 0 Å². The Labute approximate surface area is 83.0 Å². The average molecular weight is 226 g/mol. The van der Waals surface area contributed by atoms with Crippen LogP contribution in [0.4, 0.5) is 0 Å². The molecular weight excluding hydrogens is 207 g/mol. The fourth-order valence-corrected chi connectivity index (χ4v) is 6.28. The molecule has 80 valence electrons. The molecule has 0 spiro atoms. The second kappa shape index (κ2) is 5.25. The van der Waals surface area contributed by atoms with Gasteiger partial charge in [-0.1, -0.05) is 13.8 Å². The molecule has 1 unspecified atom stereocenters. The van der Waals surface area contributed by atoms with Crippen molar-refractivity contribution in [2.75, 3.05) is 33.4 Å². The van der Waals surface area contributed by atoms with Crippen LogP contribution in [0.3, 0.4) is 0 Å². The Bertz CT molecular complexity index is 229. The minimum absolute atomic E-state index is 0.658. The summed E-state index contributed by atoms with van der Waals surface area (Å²) in [5.41, 5.74) is 0. The molecule has 0 rings (SSSR count). The van der Waals surface area contributed by atoms with Gasteiger partial charge in [0.25, 0.3) is 6.65 Å². The van der Waals surface area contributed by atoms with Crippen LogP contribution in [0.15, 0.2) is 0 Å². The van der Waals surface area contributed by atoms with Gasteiger partial charge in [-0.05, 0) is 14.1 Å². The molecule has 0 radical (unpaired) electrons.